The Kier molecular flexibility index (Phi) is 1.45. The third kappa shape index (κ3) is 0.980. The second-order valence-electron chi connectivity index (χ2n) is 3.41. The molecule has 2 aliphatic rings. The zero-order valence-corrected chi connectivity index (χ0v) is 6.40. The molecule has 0 aliphatic heterocycles. The van der Waals surface area contributed by atoms with Crippen molar-refractivity contribution in [2.45, 2.75) is 37.5 Å². The molecule has 1 heteroatoms. The van der Waals surface area contributed by atoms with Crippen LogP contribution in [-0.4, -0.2) is 5.38 Å². The van der Waals surface area contributed by atoms with E-state index >= 15 is 0 Å². The summed E-state index contributed by atoms with van der Waals surface area (Å²) in [6.07, 6.45) is 7.16. The maximum atomic E-state index is 6.03. The standard InChI is InChI=1S/C8H13Cl/c9-8-6-4-2-1-3-5-7(6)8/h6-8H,1-5H2/t6-,7-/m1/s1. The summed E-state index contributed by atoms with van der Waals surface area (Å²) in [5.74, 6) is 1.85. The monoisotopic (exact) mass is 144 g/mol. The van der Waals surface area contributed by atoms with Gasteiger partial charge in [-0.25, -0.2) is 0 Å². The number of hydrogen-bond donors (Lipinski definition) is 0. The lowest BCUT2D eigenvalue weighted by molar-refractivity contribution is 0.646. The summed E-state index contributed by atoms with van der Waals surface area (Å²) in [5, 5.41) is 0.574. The molecule has 0 aromatic carbocycles. The van der Waals surface area contributed by atoms with Crippen molar-refractivity contribution in [1.82, 2.24) is 0 Å². The second-order valence-corrected chi connectivity index (χ2v) is 3.91. The molecule has 2 fully saturated rings. The lowest BCUT2D eigenvalue weighted by atomic mass is 10.2. The summed E-state index contributed by atoms with van der Waals surface area (Å²) in [7, 11) is 0. The highest BCUT2D eigenvalue weighted by Crippen LogP contribution is 2.51. The van der Waals surface area contributed by atoms with Gasteiger partial charge in [-0.15, -0.1) is 11.6 Å². The Balaban J connectivity index is 1.93. The summed E-state index contributed by atoms with van der Waals surface area (Å²) in [6, 6.07) is 0. The molecule has 0 heterocycles. The van der Waals surface area contributed by atoms with Gasteiger partial charge < -0.3 is 0 Å². The molecule has 0 saturated heterocycles. The van der Waals surface area contributed by atoms with Crippen LogP contribution in [0.2, 0.25) is 0 Å². The van der Waals surface area contributed by atoms with Gasteiger partial charge in [0.2, 0.25) is 0 Å². The van der Waals surface area contributed by atoms with Gasteiger partial charge in [0.05, 0.1) is 0 Å². The van der Waals surface area contributed by atoms with E-state index in [4.69, 9.17) is 11.6 Å². The van der Waals surface area contributed by atoms with Crippen molar-refractivity contribution in [2.75, 3.05) is 0 Å². The van der Waals surface area contributed by atoms with E-state index in [0.717, 1.165) is 11.8 Å². The molecule has 2 aliphatic carbocycles. The largest absolute Gasteiger partial charge is 0.122 e. The second kappa shape index (κ2) is 2.16. The average molecular weight is 145 g/mol. The molecule has 0 spiro atoms. The van der Waals surface area contributed by atoms with Gasteiger partial charge in [0.1, 0.15) is 0 Å². The minimum atomic E-state index is 0.574. The first kappa shape index (κ1) is 6.03. The average Bonchev–Trinajstić information content (AvgIpc) is 2.51. The minimum absolute atomic E-state index is 0.574. The molecule has 0 nitrogen and oxygen atoms in total. The summed E-state index contributed by atoms with van der Waals surface area (Å²) in [4.78, 5) is 0. The molecular weight excluding hydrogens is 132 g/mol. The van der Waals surface area contributed by atoms with Crippen LogP contribution in [0.15, 0.2) is 0 Å². The lowest BCUT2D eigenvalue weighted by Gasteiger charge is -1.93. The van der Waals surface area contributed by atoms with E-state index in [-0.39, 0.29) is 0 Å². The van der Waals surface area contributed by atoms with Crippen LogP contribution in [0.25, 0.3) is 0 Å². The van der Waals surface area contributed by atoms with Crippen LogP contribution >= 0.6 is 11.6 Å². The fourth-order valence-corrected chi connectivity index (χ4v) is 2.62. The van der Waals surface area contributed by atoms with Crippen LogP contribution < -0.4 is 0 Å². The predicted octanol–water partition coefficient (Wildman–Crippen LogP) is 2.80. The summed E-state index contributed by atoms with van der Waals surface area (Å²) in [6.45, 7) is 0. The number of alkyl halides is 1. The number of rotatable bonds is 0. The molecule has 9 heavy (non-hydrogen) atoms. The topological polar surface area (TPSA) is 0 Å². The normalized spacial score (nSPS) is 49.7. The highest BCUT2D eigenvalue weighted by Gasteiger charge is 2.48. The van der Waals surface area contributed by atoms with Crippen molar-refractivity contribution in [3.8, 4) is 0 Å². The lowest BCUT2D eigenvalue weighted by Crippen LogP contribution is -1.81. The number of fused-ring (bicyclic) bond motifs is 1. The molecule has 2 atom stereocenters. The molecule has 2 saturated carbocycles. The van der Waals surface area contributed by atoms with Crippen molar-refractivity contribution < 1.29 is 0 Å². The Morgan fingerprint density at radius 2 is 1.44 bits per heavy atom. The zero-order valence-electron chi connectivity index (χ0n) is 5.65. The number of halogens is 1. The molecule has 0 radical (unpaired) electrons. The molecule has 0 aromatic heterocycles. The quantitative estimate of drug-likeness (QED) is 0.459. The first-order chi connectivity index (χ1) is 4.39. The SMILES string of the molecule is ClC1[C@@H]2CCCCC[C@@H]12. The van der Waals surface area contributed by atoms with E-state index in [0.29, 0.717) is 5.38 Å². The smallest absolute Gasteiger partial charge is 0.0398 e. The molecule has 0 unspecified atom stereocenters. The van der Waals surface area contributed by atoms with Crippen LogP contribution in [0.3, 0.4) is 0 Å². The third-order valence-corrected chi connectivity index (χ3v) is 3.45. The molecule has 0 amide bonds. The van der Waals surface area contributed by atoms with E-state index in [9.17, 15) is 0 Å². The maximum absolute atomic E-state index is 6.03. The van der Waals surface area contributed by atoms with Crippen molar-refractivity contribution >= 4 is 11.6 Å². The van der Waals surface area contributed by atoms with Gasteiger partial charge in [0.15, 0.2) is 0 Å². The van der Waals surface area contributed by atoms with Crippen LogP contribution in [0.4, 0.5) is 0 Å². The fourth-order valence-electron chi connectivity index (χ4n) is 2.08. The maximum Gasteiger partial charge on any atom is 0.0398 e. The molecular formula is C8H13Cl. The zero-order chi connectivity index (χ0) is 6.27. The Labute approximate surface area is 61.6 Å². The Morgan fingerprint density at radius 3 is 2.00 bits per heavy atom. The third-order valence-electron chi connectivity index (χ3n) is 2.80. The first-order valence-electron chi connectivity index (χ1n) is 4.03. The van der Waals surface area contributed by atoms with Crippen molar-refractivity contribution in [3.63, 3.8) is 0 Å². The van der Waals surface area contributed by atoms with Gasteiger partial charge in [0.25, 0.3) is 0 Å². The summed E-state index contributed by atoms with van der Waals surface area (Å²) >= 11 is 6.03. The van der Waals surface area contributed by atoms with Gasteiger partial charge in [-0.2, -0.15) is 0 Å². The van der Waals surface area contributed by atoms with Gasteiger partial charge in [-0.3, -0.25) is 0 Å². The summed E-state index contributed by atoms with van der Waals surface area (Å²) in [5.41, 5.74) is 0. The van der Waals surface area contributed by atoms with E-state index in [2.05, 4.69) is 0 Å². The van der Waals surface area contributed by atoms with Crippen LogP contribution in [0, 0.1) is 11.8 Å². The van der Waals surface area contributed by atoms with Gasteiger partial charge in [0, 0.05) is 5.38 Å². The highest BCUT2D eigenvalue weighted by molar-refractivity contribution is 6.23. The van der Waals surface area contributed by atoms with Crippen LogP contribution in [0.5, 0.6) is 0 Å². The van der Waals surface area contributed by atoms with Crippen molar-refractivity contribution in [3.05, 3.63) is 0 Å². The van der Waals surface area contributed by atoms with Crippen molar-refractivity contribution in [2.24, 2.45) is 11.8 Å². The fraction of sp³-hybridized carbons (Fsp3) is 1.00. The summed E-state index contributed by atoms with van der Waals surface area (Å²) < 4.78 is 0. The van der Waals surface area contributed by atoms with Gasteiger partial charge in [-0.05, 0) is 24.7 Å². The van der Waals surface area contributed by atoms with E-state index in [1.807, 2.05) is 0 Å². The van der Waals surface area contributed by atoms with Crippen LogP contribution in [0.1, 0.15) is 32.1 Å². The van der Waals surface area contributed by atoms with E-state index in [1.165, 1.54) is 32.1 Å². The van der Waals surface area contributed by atoms with E-state index < -0.39 is 0 Å². The molecule has 2 rings (SSSR count). The molecule has 0 aromatic rings. The van der Waals surface area contributed by atoms with Gasteiger partial charge >= 0.3 is 0 Å². The number of hydrogen-bond acceptors (Lipinski definition) is 0. The van der Waals surface area contributed by atoms with Crippen molar-refractivity contribution in [1.29, 1.82) is 0 Å². The Hall–Kier alpha value is 0.290. The molecule has 0 N–H and O–H groups in total. The van der Waals surface area contributed by atoms with E-state index in [1.54, 1.807) is 0 Å². The van der Waals surface area contributed by atoms with Crippen LogP contribution in [-0.2, 0) is 0 Å². The Morgan fingerprint density at radius 1 is 0.889 bits per heavy atom. The Bertz CT molecular complexity index is 99.1. The highest BCUT2D eigenvalue weighted by atomic mass is 35.5. The first-order valence-corrected chi connectivity index (χ1v) is 4.47. The molecule has 0 bridgehead atoms. The minimum Gasteiger partial charge on any atom is -0.122 e. The predicted molar refractivity (Wildman–Crippen MR) is 39.7 cm³/mol. The molecule has 52 valence electrons. The van der Waals surface area contributed by atoms with Gasteiger partial charge in [-0.1, -0.05) is 19.3 Å².